The highest BCUT2D eigenvalue weighted by molar-refractivity contribution is 5.98. The minimum absolute atomic E-state index is 0.120. The van der Waals surface area contributed by atoms with Gasteiger partial charge in [0.2, 0.25) is 0 Å². The van der Waals surface area contributed by atoms with Crippen molar-refractivity contribution in [2.75, 3.05) is 39.9 Å². The standard InChI is InChI=1S/C16H23N3O4/c1-23-11-10-18-8-6-13(7-9-18)12-17-16(20)14-4-2-3-5-15(14)19(21)22/h2-5,13H,6-12H2,1H3,(H,17,20). The molecule has 0 spiro atoms. The first-order chi connectivity index (χ1) is 11.1. The van der Waals surface area contributed by atoms with E-state index in [1.54, 1.807) is 19.2 Å². The summed E-state index contributed by atoms with van der Waals surface area (Å²) in [4.78, 5) is 25.0. The third kappa shape index (κ3) is 5.01. The van der Waals surface area contributed by atoms with Gasteiger partial charge in [-0.2, -0.15) is 0 Å². The van der Waals surface area contributed by atoms with Gasteiger partial charge in [0.25, 0.3) is 11.6 Å². The number of ether oxygens (including phenoxy) is 1. The zero-order valence-electron chi connectivity index (χ0n) is 13.4. The lowest BCUT2D eigenvalue weighted by Gasteiger charge is -2.31. The van der Waals surface area contributed by atoms with Crippen LogP contribution in [0.2, 0.25) is 0 Å². The fraction of sp³-hybridized carbons (Fsp3) is 0.562. The molecule has 0 aliphatic carbocycles. The van der Waals surface area contributed by atoms with Gasteiger partial charge in [0.1, 0.15) is 5.56 Å². The Bertz CT molecular complexity index is 542. The average Bonchev–Trinajstić information content (AvgIpc) is 2.58. The Morgan fingerprint density at radius 2 is 2.09 bits per heavy atom. The summed E-state index contributed by atoms with van der Waals surface area (Å²) >= 11 is 0. The number of likely N-dealkylation sites (tertiary alicyclic amines) is 1. The first kappa shape index (κ1) is 17.4. The van der Waals surface area contributed by atoms with Crippen molar-refractivity contribution >= 4 is 11.6 Å². The molecule has 1 aromatic carbocycles. The number of nitro groups is 1. The molecular weight excluding hydrogens is 298 g/mol. The van der Waals surface area contributed by atoms with Crippen LogP contribution < -0.4 is 5.32 Å². The minimum Gasteiger partial charge on any atom is -0.383 e. The van der Waals surface area contributed by atoms with Gasteiger partial charge in [-0.1, -0.05) is 12.1 Å². The fourth-order valence-corrected chi connectivity index (χ4v) is 2.79. The van der Waals surface area contributed by atoms with Gasteiger partial charge in [0.05, 0.1) is 11.5 Å². The van der Waals surface area contributed by atoms with Crippen LogP contribution in [0.4, 0.5) is 5.69 Å². The number of methoxy groups -OCH3 is 1. The molecule has 23 heavy (non-hydrogen) atoms. The molecule has 1 aromatic rings. The molecule has 1 N–H and O–H groups in total. The third-order valence-corrected chi connectivity index (χ3v) is 4.22. The molecule has 1 fully saturated rings. The number of piperidine rings is 1. The van der Waals surface area contributed by atoms with Crippen molar-refractivity contribution in [3.8, 4) is 0 Å². The summed E-state index contributed by atoms with van der Waals surface area (Å²) in [7, 11) is 1.70. The molecule has 0 unspecified atom stereocenters. The monoisotopic (exact) mass is 321 g/mol. The predicted molar refractivity (Wildman–Crippen MR) is 86.5 cm³/mol. The summed E-state index contributed by atoms with van der Waals surface area (Å²) in [5, 5.41) is 13.8. The highest BCUT2D eigenvalue weighted by Gasteiger charge is 2.22. The van der Waals surface area contributed by atoms with E-state index < -0.39 is 4.92 Å². The largest absolute Gasteiger partial charge is 0.383 e. The predicted octanol–water partition coefficient (Wildman–Crippen LogP) is 1.68. The zero-order valence-corrected chi connectivity index (χ0v) is 13.4. The van der Waals surface area contributed by atoms with Crippen LogP contribution in [0.15, 0.2) is 24.3 Å². The molecule has 0 aromatic heterocycles. The van der Waals surface area contributed by atoms with Crippen molar-refractivity contribution in [1.29, 1.82) is 0 Å². The van der Waals surface area contributed by atoms with Crippen molar-refractivity contribution in [2.24, 2.45) is 5.92 Å². The van der Waals surface area contributed by atoms with Crippen molar-refractivity contribution in [3.05, 3.63) is 39.9 Å². The van der Waals surface area contributed by atoms with E-state index in [1.807, 2.05) is 0 Å². The van der Waals surface area contributed by atoms with E-state index >= 15 is 0 Å². The van der Waals surface area contributed by atoms with E-state index in [4.69, 9.17) is 4.74 Å². The van der Waals surface area contributed by atoms with Gasteiger partial charge >= 0.3 is 0 Å². The van der Waals surface area contributed by atoms with Crippen molar-refractivity contribution in [1.82, 2.24) is 10.2 Å². The number of rotatable bonds is 7. The molecule has 0 atom stereocenters. The average molecular weight is 321 g/mol. The summed E-state index contributed by atoms with van der Waals surface area (Å²) in [6.45, 7) is 4.22. The van der Waals surface area contributed by atoms with Crippen LogP contribution in [0.1, 0.15) is 23.2 Å². The highest BCUT2D eigenvalue weighted by Crippen LogP contribution is 2.19. The quantitative estimate of drug-likeness (QED) is 0.610. The van der Waals surface area contributed by atoms with E-state index in [1.165, 1.54) is 12.1 Å². The number of carbonyl (C=O) groups is 1. The number of carbonyl (C=O) groups excluding carboxylic acids is 1. The van der Waals surface area contributed by atoms with Gasteiger partial charge in [0, 0.05) is 26.3 Å². The van der Waals surface area contributed by atoms with Crippen LogP contribution in [0.3, 0.4) is 0 Å². The summed E-state index contributed by atoms with van der Waals surface area (Å²) in [5.41, 5.74) is -0.0329. The first-order valence-electron chi connectivity index (χ1n) is 7.84. The third-order valence-electron chi connectivity index (χ3n) is 4.22. The minimum atomic E-state index is -0.525. The van der Waals surface area contributed by atoms with E-state index in [0.717, 1.165) is 39.1 Å². The van der Waals surface area contributed by atoms with Gasteiger partial charge in [-0.25, -0.2) is 0 Å². The van der Waals surface area contributed by atoms with Gasteiger partial charge < -0.3 is 15.0 Å². The smallest absolute Gasteiger partial charge is 0.282 e. The van der Waals surface area contributed by atoms with E-state index in [0.29, 0.717) is 12.5 Å². The Morgan fingerprint density at radius 3 is 2.74 bits per heavy atom. The van der Waals surface area contributed by atoms with Crippen LogP contribution >= 0.6 is 0 Å². The summed E-state index contributed by atoms with van der Waals surface area (Å²) in [6.07, 6.45) is 2.03. The number of hydrogen-bond acceptors (Lipinski definition) is 5. The second-order valence-corrected chi connectivity index (χ2v) is 5.76. The molecule has 1 amide bonds. The lowest BCUT2D eigenvalue weighted by Crippen LogP contribution is -2.39. The summed E-state index contributed by atoms with van der Waals surface area (Å²) < 4.78 is 5.08. The maximum Gasteiger partial charge on any atom is 0.282 e. The number of nitrogens with one attached hydrogen (secondary N) is 1. The maximum atomic E-state index is 12.2. The number of nitro benzene ring substituents is 1. The second-order valence-electron chi connectivity index (χ2n) is 5.76. The van der Waals surface area contributed by atoms with Crippen molar-refractivity contribution in [3.63, 3.8) is 0 Å². The molecule has 1 aliphatic heterocycles. The normalized spacial score (nSPS) is 16.2. The molecule has 7 heteroatoms. The van der Waals surface area contributed by atoms with E-state index in [9.17, 15) is 14.9 Å². The van der Waals surface area contributed by atoms with Gasteiger partial charge in [-0.15, -0.1) is 0 Å². The highest BCUT2D eigenvalue weighted by atomic mass is 16.6. The molecule has 1 heterocycles. The number of para-hydroxylation sites is 1. The lowest BCUT2D eigenvalue weighted by molar-refractivity contribution is -0.385. The van der Waals surface area contributed by atoms with Gasteiger partial charge in [0.15, 0.2) is 0 Å². The number of nitrogens with zero attached hydrogens (tertiary/aromatic N) is 2. The zero-order chi connectivity index (χ0) is 16.7. The Labute approximate surface area is 135 Å². The number of amides is 1. The Balaban J connectivity index is 1.81. The molecule has 0 bridgehead atoms. The molecule has 2 rings (SSSR count). The summed E-state index contributed by atoms with van der Waals surface area (Å²) in [6, 6.07) is 6.03. The second kappa shape index (κ2) is 8.59. The van der Waals surface area contributed by atoms with Crippen LogP contribution in [0.5, 0.6) is 0 Å². The van der Waals surface area contributed by atoms with Gasteiger partial charge in [-0.05, 0) is 37.9 Å². The van der Waals surface area contributed by atoms with Gasteiger partial charge in [-0.3, -0.25) is 14.9 Å². The Morgan fingerprint density at radius 1 is 1.39 bits per heavy atom. The molecule has 126 valence electrons. The van der Waals surface area contributed by atoms with E-state index in [-0.39, 0.29) is 17.2 Å². The summed E-state index contributed by atoms with van der Waals surface area (Å²) in [5.74, 6) is 0.0413. The fourth-order valence-electron chi connectivity index (χ4n) is 2.79. The lowest BCUT2D eigenvalue weighted by atomic mass is 9.96. The molecular formula is C16H23N3O4. The van der Waals surface area contributed by atoms with Crippen LogP contribution in [0, 0.1) is 16.0 Å². The van der Waals surface area contributed by atoms with Crippen LogP contribution in [-0.4, -0.2) is 55.6 Å². The van der Waals surface area contributed by atoms with Crippen molar-refractivity contribution < 1.29 is 14.5 Å². The Kier molecular flexibility index (Phi) is 6.49. The first-order valence-corrected chi connectivity index (χ1v) is 7.84. The molecule has 7 nitrogen and oxygen atoms in total. The number of benzene rings is 1. The molecule has 1 aliphatic rings. The Hall–Kier alpha value is -1.99. The van der Waals surface area contributed by atoms with Crippen LogP contribution in [-0.2, 0) is 4.74 Å². The van der Waals surface area contributed by atoms with Crippen LogP contribution in [0.25, 0.3) is 0 Å². The topological polar surface area (TPSA) is 84.7 Å². The van der Waals surface area contributed by atoms with E-state index in [2.05, 4.69) is 10.2 Å². The molecule has 0 saturated carbocycles. The SMILES string of the molecule is COCCN1CCC(CNC(=O)c2ccccc2[N+](=O)[O-])CC1. The maximum absolute atomic E-state index is 12.2. The number of hydrogen-bond donors (Lipinski definition) is 1. The molecule has 1 saturated heterocycles. The van der Waals surface area contributed by atoms with Crippen molar-refractivity contribution in [2.45, 2.75) is 12.8 Å². The molecule has 0 radical (unpaired) electrons.